The molecule has 26 heavy (non-hydrogen) atoms. The van der Waals surface area contributed by atoms with E-state index in [1.807, 2.05) is 4.90 Å². The summed E-state index contributed by atoms with van der Waals surface area (Å²) in [5.74, 6) is 0.221. The van der Waals surface area contributed by atoms with E-state index in [-0.39, 0.29) is 17.7 Å². The fourth-order valence-corrected chi connectivity index (χ4v) is 3.95. The van der Waals surface area contributed by atoms with E-state index in [0.29, 0.717) is 24.9 Å². The number of carbonyl (C=O) groups is 2. The number of nitrogens with zero attached hydrogens (tertiary/aromatic N) is 3. The van der Waals surface area contributed by atoms with Crippen LogP contribution in [0.15, 0.2) is 12.3 Å². The van der Waals surface area contributed by atoms with Gasteiger partial charge in [-0.1, -0.05) is 0 Å². The zero-order valence-electron chi connectivity index (χ0n) is 15.4. The van der Waals surface area contributed by atoms with Crippen molar-refractivity contribution in [1.82, 2.24) is 25.3 Å². The molecule has 8 nitrogen and oxygen atoms in total. The van der Waals surface area contributed by atoms with Crippen molar-refractivity contribution in [3.63, 3.8) is 0 Å². The van der Waals surface area contributed by atoms with Crippen molar-refractivity contribution >= 4 is 11.8 Å². The van der Waals surface area contributed by atoms with Crippen molar-refractivity contribution in [1.29, 1.82) is 0 Å². The number of H-pyrrole nitrogens is 1. The maximum absolute atomic E-state index is 12.4. The third kappa shape index (κ3) is 4.62. The van der Waals surface area contributed by atoms with E-state index in [9.17, 15) is 9.59 Å². The molecule has 2 aliphatic heterocycles. The molecule has 0 bridgehead atoms. The molecule has 3 rings (SSSR count). The van der Waals surface area contributed by atoms with Crippen molar-refractivity contribution in [2.75, 3.05) is 46.4 Å². The Morgan fingerprint density at radius 2 is 2.12 bits per heavy atom. The molecular weight excluding hydrogens is 334 g/mol. The summed E-state index contributed by atoms with van der Waals surface area (Å²) >= 11 is 0. The Morgan fingerprint density at radius 3 is 2.81 bits per heavy atom. The number of carbonyl (C=O) groups excluding carboxylic acids is 2. The van der Waals surface area contributed by atoms with Gasteiger partial charge in [-0.25, -0.2) is 0 Å². The molecule has 1 aromatic rings. The molecule has 3 heterocycles. The summed E-state index contributed by atoms with van der Waals surface area (Å²) in [7, 11) is 1.64. The minimum absolute atomic E-state index is 0.0231. The molecule has 0 aromatic carbocycles. The topological polar surface area (TPSA) is 90.6 Å². The van der Waals surface area contributed by atoms with Crippen LogP contribution in [-0.4, -0.2) is 84.3 Å². The van der Waals surface area contributed by atoms with Gasteiger partial charge in [0, 0.05) is 45.5 Å². The van der Waals surface area contributed by atoms with Crippen molar-refractivity contribution in [3.8, 4) is 0 Å². The van der Waals surface area contributed by atoms with Crippen molar-refractivity contribution in [2.45, 2.75) is 31.7 Å². The highest BCUT2D eigenvalue weighted by atomic mass is 16.5. The first-order valence-corrected chi connectivity index (χ1v) is 9.48. The minimum atomic E-state index is 0.0231. The monoisotopic (exact) mass is 363 g/mol. The minimum Gasteiger partial charge on any atom is -0.383 e. The van der Waals surface area contributed by atoms with Crippen molar-refractivity contribution in [2.24, 2.45) is 5.92 Å². The van der Waals surface area contributed by atoms with E-state index in [1.165, 1.54) is 0 Å². The maximum Gasteiger partial charge on any atom is 0.271 e. The lowest BCUT2D eigenvalue weighted by atomic mass is 9.93. The number of methoxy groups -OCH3 is 1. The molecule has 0 aliphatic carbocycles. The SMILES string of the molecule is COCCNC(=O)C1CCCN(C2CCN(C(=O)c3ccn[nH]3)CC2)C1. The maximum atomic E-state index is 12.4. The Morgan fingerprint density at radius 1 is 1.31 bits per heavy atom. The van der Waals surface area contributed by atoms with Gasteiger partial charge in [-0.3, -0.25) is 19.6 Å². The van der Waals surface area contributed by atoms with E-state index >= 15 is 0 Å². The number of aromatic amines is 1. The summed E-state index contributed by atoms with van der Waals surface area (Å²) < 4.78 is 4.99. The molecule has 0 saturated carbocycles. The van der Waals surface area contributed by atoms with Gasteiger partial charge in [0.25, 0.3) is 5.91 Å². The lowest BCUT2D eigenvalue weighted by molar-refractivity contribution is -0.127. The van der Waals surface area contributed by atoms with E-state index in [4.69, 9.17) is 4.74 Å². The number of hydrogen-bond acceptors (Lipinski definition) is 5. The zero-order chi connectivity index (χ0) is 18.4. The van der Waals surface area contributed by atoms with Crippen LogP contribution >= 0.6 is 0 Å². The molecule has 144 valence electrons. The van der Waals surface area contributed by atoms with Crippen LogP contribution in [0.4, 0.5) is 0 Å². The van der Waals surface area contributed by atoms with Crippen molar-refractivity contribution < 1.29 is 14.3 Å². The van der Waals surface area contributed by atoms with E-state index in [1.54, 1.807) is 19.4 Å². The van der Waals surface area contributed by atoms with Crippen LogP contribution in [0.3, 0.4) is 0 Å². The number of ether oxygens (including phenoxy) is 1. The van der Waals surface area contributed by atoms with Gasteiger partial charge in [0.2, 0.25) is 5.91 Å². The van der Waals surface area contributed by atoms with Gasteiger partial charge in [0.1, 0.15) is 5.69 Å². The number of likely N-dealkylation sites (tertiary alicyclic amines) is 2. The highest BCUT2D eigenvalue weighted by Gasteiger charge is 2.32. The summed E-state index contributed by atoms with van der Waals surface area (Å²) in [6.45, 7) is 4.48. The van der Waals surface area contributed by atoms with Crippen molar-refractivity contribution in [3.05, 3.63) is 18.0 Å². The van der Waals surface area contributed by atoms with Gasteiger partial charge < -0.3 is 15.0 Å². The number of nitrogens with one attached hydrogen (secondary N) is 2. The van der Waals surface area contributed by atoms with E-state index in [2.05, 4.69) is 20.4 Å². The van der Waals surface area contributed by atoms with Crippen LogP contribution in [0.5, 0.6) is 0 Å². The lowest BCUT2D eigenvalue weighted by Crippen LogP contribution is -2.51. The second-order valence-corrected chi connectivity index (χ2v) is 7.11. The van der Waals surface area contributed by atoms with Gasteiger partial charge in [0.05, 0.1) is 12.5 Å². The number of aromatic nitrogens is 2. The average molecular weight is 363 g/mol. The predicted molar refractivity (Wildman–Crippen MR) is 96.7 cm³/mol. The van der Waals surface area contributed by atoms with Crippen LogP contribution in [0.1, 0.15) is 36.2 Å². The molecule has 8 heteroatoms. The lowest BCUT2D eigenvalue weighted by Gasteiger charge is -2.42. The Hall–Kier alpha value is -1.93. The van der Waals surface area contributed by atoms with E-state index < -0.39 is 0 Å². The molecule has 2 N–H and O–H groups in total. The fourth-order valence-electron chi connectivity index (χ4n) is 3.95. The largest absolute Gasteiger partial charge is 0.383 e. The molecular formula is C18H29N5O3. The number of piperidine rings is 2. The van der Waals surface area contributed by atoms with Crippen LogP contribution < -0.4 is 5.32 Å². The summed E-state index contributed by atoms with van der Waals surface area (Å²) in [6.07, 6.45) is 5.52. The third-order valence-electron chi connectivity index (χ3n) is 5.43. The number of amides is 2. The molecule has 2 fully saturated rings. The van der Waals surface area contributed by atoms with Crippen LogP contribution in [0, 0.1) is 5.92 Å². The first-order chi connectivity index (χ1) is 12.7. The van der Waals surface area contributed by atoms with Crippen LogP contribution in [0.25, 0.3) is 0 Å². The Labute approximate surface area is 154 Å². The van der Waals surface area contributed by atoms with Gasteiger partial charge in [0.15, 0.2) is 0 Å². The second-order valence-electron chi connectivity index (χ2n) is 7.11. The summed E-state index contributed by atoms with van der Waals surface area (Å²) in [4.78, 5) is 29.0. The average Bonchev–Trinajstić information content (AvgIpc) is 3.22. The highest BCUT2D eigenvalue weighted by molar-refractivity contribution is 5.92. The predicted octanol–water partition coefficient (Wildman–Crippen LogP) is 0.489. The highest BCUT2D eigenvalue weighted by Crippen LogP contribution is 2.24. The molecule has 1 unspecified atom stereocenters. The molecule has 0 radical (unpaired) electrons. The fraction of sp³-hybridized carbons (Fsp3) is 0.722. The van der Waals surface area contributed by atoms with Crippen LogP contribution in [-0.2, 0) is 9.53 Å². The van der Waals surface area contributed by atoms with Gasteiger partial charge >= 0.3 is 0 Å². The summed E-state index contributed by atoms with van der Waals surface area (Å²) in [5, 5.41) is 9.56. The van der Waals surface area contributed by atoms with E-state index in [0.717, 1.165) is 51.9 Å². The molecule has 2 aliphatic rings. The Bertz CT molecular complexity index is 584. The second kappa shape index (κ2) is 9.14. The quantitative estimate of drug-likeness (QED) is 0.718. The molecule has 2 saturated heterocycles. The smallest absolute Gasteiger partial charge is 0.271 e. The molecule has 2 amide bonds. The zero-order valence-corrected chi connectivity index (χ0v) is 15.4. The standard InChI is InChI=1S/C18H29N5O3/c1-26-12-8-19-17(24)14-3-2-9-23(13-14)15-5-10-22(11-6-15)18(25)16-4-7-20-21-16/h4,7,14-15H,2-3,5-6,8-13H2,1H3,(H,19,24)(H,20,21). The summed E-state index contributed by atoms with van der Waals surface area (Å²) in [6, 6.07) is 2.17. The van der Waals surface area contributed by atoms with Gasteiger partial charge in [-0.05, 0) is 38.3 Å². The third-order valence-corrected chi connectivity index (χ3v) is 5.43. The first-order valence-electron chi connectivity index (χ1n) is 9.48. The first kappa shape index (κ1) is 18.8. The number of rotatable bonds is 6. The van der Waals surface area contributed by atoms with Gasteiger partial charge in [-0.15, -0.1) is 0 Å². The van der Waals surface area contributed by atoms with Gasteiger partial charge in [-0.2, -0.15) is 5.10 Å². The number of hydrogen-bond donors (Lipinski definition) is 2. The molecule has 1 aromatic heterocycles. The van der Waals surface area contributed by atoms with Crippen LogP contribution in [0.2, 0.25) is 0 Å². The Balaban J connectivity index is 1.46. The molecule has 1 atom stereocenters. The Kier molecular flexibility index (Phi) is 6.62. The molecule has 0 spiro atoms. The summed E-state index contributed by atoms with van der Waals surface area (Å²) in [5.41, 5.74) is 0.550. The normalized spacial score (nSPS) is 22.3.